The smallest absolute Gasteiger partial charge is 0.174 e. The molecule has 0 heterocycles. The zero-order valence-electron chi connectivity index (χ0n) is 14.3. The molecule has 3 heteroatoms. The quantitative estimate of drug-likeness (QED) is 0.613. The molecule has 0 aliphatic carbocycles. The average Bonchev–Trinajstić information content (AvgIpc) is 2.69. The Labute approximate surface area is 147 Å². The minimum absolute atomic E-state index is 0.00889. The van der Waals surface area contributed by atoms with E-state index in [0.717, 1.165) is 11.1 Å². The fourth-order valence-corrected chi connectivity index (χ4v) is 3.03. The molecule has 0 amide bonds. The maximum absolute atomic E-state index is 13.4. The molecule has 0 radical (unpaired) electrons. The summed E-state index contributed by atoms with van der Waals surface area (Å²) in [6.45, 7) is 0. The second-order valence-electron chi connectivity index (χ2n) is 5.65. The Morgan fingerprint density at radius 2 is 1.12 bits per heavy atom. The second-order valence-corrected chi connectivity index (χ2v) is 5.65. The van der Waals surface area contributed by atoms with Crippen molar-refractivity contribution >= 4 is 5.78 Å². The highest BCUT2D eigenvalue weighted by Gasteiger charge is 2.29. The van der Waals surface area contributed by atoms with E-state index in [9.17, 15) is 4.79 Å². The van der Waals surface area contributed by atoms with Crippen LogP contribution >= 0.6 is 0 Å². The Kier molecular flexibility index (Phi) is 5.14. The number of benzene rings is 3. The van der Waals surface area contributed by atoms with Crippen LogP contribution in [0.15, 0.2) is 78.9 Å². The molecule has 3 nitrogen and oxygen atoms in total. The fraction of sp³-hybridized carbons (Fsp3) is 0.136. The Balaban J connectivity index is 2.20. The molecule has 0 aromatic heterocycles. The first-order valence-electron chi connectivity index (χ1n) is 8.11. The zero-order valence-corrected chi connectivity index (χ0v) is 14.3. The van der Waals surface area contributed by atoms with Gasteiger partial charge in [-0.25, -0.2) is 0 Å². The number of ketones is 1. The molecule has 0 spiro atoms. The summed E-state index contributed by atoms with van der Waals surface area (Å²) in [5, 5.41) is 0. The Morgan fingerprint density at radius 3 is 1.60 bits per heavy atom. The van der Waals surface area contributed by atoms with E-state index in [4.69, 9.17) is 9.47 Å². The average molecular weight is 332 g/mol. The third kappa shape index (κ3) is 3.41. The van der Waals surface area contributed by atoms with Crippen LogP contribution in [-0.2, 0) is 0 Å². The number of Topliss-reactive ketones (excluding diaryl/α,β-unsaturated/α-hetero) is 1. The van der Waals surface area contributed by atoms with Crippen molar-refractivity contribution in [2.45, 2.75) is 5.92 Å². The molecule has 0 N–H and O–H groups in total. The fourth-order valence-electron chi connectivity index (χ4n) is 3.03. The van der Waals surface area contributed by atoms with Crippen molar-refractivity contribution in [1.29, 1.82) is 0 Å². The normalized spacial score (nSPS) is 10.5. The van der Waals surface area contributed by atoms with Crippen molar-refractivity contribution in [3.05, 3.63) is 95.6 Å². The summed E-state index contributed by atoms with van der Waals surface area (Å²) in [6.07, 6.45) is 0. The second kappa shape index (κ2) is 7.67. The van der Waals surface area contributed by atoms with E-state index in [2.05, 4.69) is 0 Å². The standard InChI is InChI=1S/C22H20O3/c1-24-19-14-8-6-12-17(19)21(18-13-7-9-15-20(18)25-2)22(23)16-10-4-3-5-11-16/h3-15,21H,1-2H3. The number of hydrogen-bond acceptors (Lipinski definition) is 3. The lowest BCUT2D eigenvalue weighted by Gasteiger charge is -2.21. The van der Waals surface area contributed by atoms with Crippen LogP contribution in [0.4, 0.5) is 0 Å². The van der Waals surface area contributed by atoms with Crippen LogP contribution in [0, 0.1) is 0 Å². The van der Waals surface area contributed by atoms with Crippen LogP contribution in [0.25, 0.3) is 0 Å². The molecule has 0 saturated heterocycles. The van der Waals surface area contributed by atoms with E-state index in [-0.39, 0.29) is 5.78 Å². The third-order valence-corrected chi connectivity index (χ3v) is 4.22. The van der Waals surface area contributed by atoms with Crippen LogP contribution in [0.1, 0.15) is 27.4 Å². The first-order chi connectivity index (χ1) is 12.3. The first kappa shape index (κ1) is 16.8. The van der Waals surface area contributed by atoms with Crippen molar-refractivity contribution in [3.63, 3.8) is 0 Å². The summed E-state index contributed by atoms with van der Waals surface area (Å²) in [4.78, 5) is 13.4. The SMILES string of the molecule is COc1ccccc1C(C(=O)c1ccccc1)c1ccccc1OC. The number of rotatable bonds is 6. The maximum atomic E-state index is 13.4. The van der Waals surface area contributed by atoms with Gasteiger partial charge in [0.1, 0.15) is 11.5 Å². The van der Waals surface area contributed by atoms with E-state index in [0.29, 0.717) is 17.1 Å². The molecule has 3 aromatic rings. The highest BCUT2D eigenvalue weighted by molar-refractivity contribution is 6.03. The monoisotopic (exact) mass is 332 g/mol. The van der Waals surface area contributed by atoms with Gasteiger partial charge in [-0.2, -0.15) is 0 Å². The van der Waals surface area contributed by atoms with Crippen LogP contribution in [-0.4, -0.2) is 20.0 Å². The molecule has 126 valence electrons. The summed E-state index contributed by atoms with van der Waals surface area (Å²) in [7, 11) is 3.23. The highest BCUT2D eigenvalue weighted by atomic mass is 16.5. The Bertz CT molecular complexity index is 808. The van der Waals surface area contributed by atoms with Crippen molar-refractivity contribution in [2.24, 2.45) is 0 Å². The maximum Gasteiger partial charge on any atom is 0.174 e. The minimum atomic E-state index is -0.505. The molecular weight excluding hydrogens is 312 g/mol. The number of carbonyl (C=O) groups excluding carboxylic acids is 1. The molecule has 0 bridgehead atoms. The topological polar surface area (TPSA) is 35.5 Å². The molecule has 0 aliphatic heterocycles. The zero-order chi connectivity index (χ0) is 17.6. The number of hydrogen-bond donors (Lipinski definition) is 0. The van der Waals surface area contributed by atoms with Crippen LogP contribution in [0.5, 0.6) is 11.5 Å². The van der Waals surface area contributed by atoms with Crippen molar-refractivity contribution in [1.82, 2.24) is 0 Å². The van der Waals surface area contributed by atoms with Gasteiger partial charge in [-0.15, -0.1) is 0 Å². The minimum Gasteiger partial charge on any atom is -0.496 e. The van der Waals surface area contributed by atoms with E-state index >= 15 is 0 Å². The molecule has 0 atom stereocenters. The molecule has 3 aromatic carbocycles. The Morgan fingerprint density at radius 1 is 0.680 bits per heavy atom. The van der Waals surface area contributed by atoms with Crippen molar-refractivity contribution < 1.29 is 14.3 Å². The van der Waals surface area contributed by atoms with Crippen molar-refractivity contribution in [2.75, 3.05) is 14.2 Å². The molecule has 3 rings (SSSR count). The predicted octanol–water partition coefficient (Wildman–Crippen LogP) is 4.72. The van der Waals surface area contributed by atoms with E-state index in [1.165, 1.54) is 0 Å². The van der Waals surface area contributed by atoms with Gasteiger partial charge < -0.3 is 9.47 Å². The number of para-hydroxylation sites is 2. The van der Waals surface area contributed by atoms with Gasteiger partial charge in [-0.3, -0.25) is 4.79 Å². The van der Waals surface area contributed by atoms with E-state index in [1.54, 1.807) is 14.2 Å². The molecular formula is C22H20O3. The first-order valence-corrected chi connectivity index (χ1v) is 8.11. The van der Waals surface area contributed by atoms with Gasteiger partial charge in [0.15, 0.2) is 5.78 Å². The number of methoxy groups -OCH3 is 2. The summed E-state index contributed by atoms with van der Waals surface area (Å²) in [6, 6.07) is 24.5. The summed E-state index contributed by atoms with van der Waals surface area (Å²) >= 11 is 0. The third-order valence-electron chi connectivity index (χ3n) is 4.22. The molecule has 0 fully saturated rings. The number of carbonyl (C=O) groups is 1. The summed E-state index contributed by atoms with van der Waals surface area (Å²) < 4.78 is 11.0. The predicted molar refractivity (Wildman–Crippen MR) is 98.6 cm³/mol. The van der Waals surface area contributed by atoms with Crippen LogP contribution in [0.3, 0.4) is 0 Å². The van der Waals surface area contributed by atoms with Gasteiger partial charge in [0.05, 0.1) is 20.1 Å². The van der Waals surface area contributed by atoms with Gasteiger partial charge in [-0.05, 0) is 12.1 Å². The number of ether oxygens (including phenoxy) is 2. The highest BCUT2D eigenvalue weighted by Crippen LogP contribution is 2.38. The molecule has 0 aliphatic rings. The molecule has 25 heavy (non-hydrogen) atoms. The lowest BCUT2D eigenvalue weighted by atomic mass is 9.84. The largest absolute Gasteiger partial charge is 0.496 e. The van der Waals surface area contributed by atoms with E-state index < -0.39 is 5.92 Å². The van der Waals surface area contributed by atoms with Crippen LogP contribution in [0.2, 0.25) is 0 Å². The molecule has 0 saturated carbocycles. The lowest BCUT2D eigenvalue weighted by Crippen LogP contribution is -2.16. The van der Waals surface area contributed by atoms with Gasteiger partial charge in [0.25, 0.3) is 0 Å². The Hall–Kier alpha value is -3.07. The van der Waals surface area contributed by atoms with Gasteiger partial charge in [0, 0.05) is 16.7 Å². The van der Waals surface area contributed by atoms with Gasteiger partial charge >= 0.3 is 0 Å². The van der Waals surface area contributed by atoms with Gasteiger partial charge in [-0.1, -0.05) is 66.7 Å². The van der Waals surface area contributed by atoms with E-state index in [1.807, 2.05) is 78.9 Å². The lowest BCUT2D eigenvalue weighted by molar-refractivity contribution is 0.0971. The summed E-state index contributed by atoms with van der Waals surface area (Å²) in [5.74, 6) is 0.870. The molecule has 0 unspecified atom stereocenters. The summed E-state index contributed by atoms with van der Waals surface area (Å²) in [5.41, 5.74) is 2.30. The van der Waals surface area contributed by atoms with Gasteiger partial charge in [0.2, 0.25) is 0 Å². The van der Waals surface area contributed by atoms with Crippen LogP contribution < -0.4 is 9.47 Å². The van der Waals surface area contributed by atoms with Crippen molar-refractivity contribution in [3.8, 4) is 11.5 Å².